The van der Waals surface area contributed by atoms with Crippen molar-refractivity contribution < 1.29 is 0 Å². The van der Waals surface area contributed by atoms with Crippen molar-refractivity contribution in [3.05, 3.63) is 0 Å². The van der Waals surface area contributed by atoms with E-state index in [1.807, 2.05) is 0 Å². The van der Waals surface area contributed by atoms with E-state index in [-0.39, 0.29) is 0 Å². The van der Waals surface area contributed by atoms with Crippen molar-refractivity contribution in [1.82, 2.24) is 0 Å². The molecule has 0 heterocycles. The molecular weight excluding hydrogens is 283 g/mol. The fraction of sp³-hybridized carbons (Fsp3) is 0. The maximum absolute atomic E-state index is 3.16. The van der Waals surface area contributed by atoms with Gasteiger partial charge in [-0.05, 0) is 54.3 Å². The van der Waals surface area contributed by atoms with Gasteiger partial charge in [-0.2, -0.15) is 0 Å². The molecule has 0 spiro atoms. The van der Waals surface area contributed by atoms with Gasteiger partial charge < -0.3 is 0 Å². The zero-order chi connectivity index (χ0) is 4.28. The average molecular weight is 283 g/mol. The summed E-state index contributed by atoms with van der Waals surface area (Å²) in [5.74, 6) is 0. The van der Waals surface area contributed by atoms with Crippen LogP contribution in [0, 0.1) is 0 Å². The van der Waals surface area contributed by atoms with Gasteiger partial charge in [0.15, 0.2) is 0 Å². The molecule has 0 bridgehead atoms. The van der Waals surface area contributed by atoms with E-state index >= 15 is 0 Å². The maximum atomic E-state index is 3.16. The Morgan fingerprint density at radius 3 is 1.60 bits per heavy atom. The average Bonchev–Trinajstić information content (AvgIpc) is 1.38. The molecule has 0 aromatic carbocycles. The number of hydrogen-bond acceptors (Lipinski definition) is 0. The predicted molar refractivity (Wildman–Crippen MR) is 38.7 cm³/mol. The van der Waals surface area contributed by atoms with E-state index in [9.17, 15) is 0 Å². The van der Waals surface area contributed by atoms with Crippen LogP contribution in [0.5, 0.6) is 0 Å². The van der Waals surface area contributed by atoms with Crippen LogP contribution in [0.3, 0.4) is 0 Å². The molecule has 0 fully saturated rings. The molecule has 0 unspecified atom stereocenters. The third-order valence-electron chi connectivity index (χ3n) is 0.0639. The fourth-order valence-electron chi connectivity index (χ4n) is 0. The molecule has 0 atom stereocenters. The smallest absolute Gasteiger partial charge is 0.0366 e. The minimum Gasteiger partial charge on any atom is -0.0366 e. The monoisotopic (exact) mass is 280 g/mol. The first-order valence-electron chi connectivity index (χ1n) is 0.771. The molecule has 0 N–H and O–H groups in total. The van der Waals surface area contributed by atoms with Crippen molar-refractivity contribution >= 4 is 57.4 Å². The Hall–Kier alpha value is 1.61. The normalized spacial score (nSPS) is 8.60. The fourth-order valence-corrected chi connectivity index (χ4v) is 0. The van der Waals surface area contributed by atoms with Crippen molar-refractivity contribution in [3.8, 4) is 0 Å². The first-order valence-corrected chi connectivity index (χ1v) is 5.27. The van der Waals surface area contributed by atoms with Gasteiger partial charge in [-0.3, -0.25) is 0 Å². The van der Waals surface area contributed by atoms with Crippen LogP contribution in [0.1, 0.15) is 0 Å². The Morgan fingerprint density at radius 1 is 1.40 bits per heavy atom. The van der Waals surface area contributed by atoms with Crippen molar-refractivity contribution in [2.24, 2.45) is 0 Å². The minimum atomic E-state index is 1.02. The van der Waals surface area contributed by atoms with Crippen molar-refractivity contribution in [1.29, 1.82) is 0 Å². The number of halogens is 3. The molecule has 0 aliphatic rings. The summed E-state index contributed by atoms with van der Waals surface area (Å²) >= 11 is 9.45. The van der Waals surface area contributed by atoms with Crippen molar-refractivity contribution in [2.75, 3.05) is 0 Å². The molecule has 0 saturated carbocycles. The van der Waals surface area contributed by atoms with Crippen LogP contribution in [-0.2, 0) is 0 Å². The van der Waals surface area contributed by atoms with E-state index in [0.717, 1.165) is 10.0 Å². The highest BCUT2D eigenvalue weighted by Gasteiger charge is 1.70. The first-order chi connectivity index (χ1) is 2.27. The Morgan fingerprint density at radius 2 is 1.60 bits per heavy atom. The molecule has 0 amide bonds. The Balaban J connectivity index is 3.14. The summed E-state index contributed by atoms with van der Waals surface area (Å²) in [7, 11) is 0. The van der Waals surface area contributed by atoms with Gasteiger partial charge in [0, 0.05) is 0 Å². The van der Waals surface area contributed by atoms with Crippen LogP contribution >= 0.6 is 54.3 Å². The van der Waals surface area contributed by atoms with Gasteiger partial charge in [-0.15, -0.1) is 0 Å². The topological polar surface area (TPSA) is 0 Å². The summed E-state index contributed by atoms with van der Waals surface area (Å²) in [5.41, 5.74) is 0. The molecule has 0 aromatic heterocycles. The summed E-state index contributed by atoms with van der Waals surface area (Å²) in [6.45, 7) is 1.06. The lowest BCUT2D eigenvalue weighted by Crippen LogP contribution is -1.43. The standard InChI is InChI=1S/CBr3P/c2-1(3)5-4. The van der Waals surface area contributed by atoms with E-state index < -0.39 is 0 Å². The zero-order valence-corrected chi connectivity index (χ0v) is 7.73. The molecule has 4 heteroatoms. The number of hydrogen-bond donors (Lipinski definition) is 0. The molecule has 30 valence electrons. The summed E-state index contributed by atoms with van der Waals surface area (Å²) in [6, 6.07) is 0. The largest absolute Gasteiger partial charge is 0.0943 e. The van der Waals surface area contributed by atoms with E-state index in [1.165, 1.54) is 0 Å². The summed E-state index contributed by atoms with van der Waals surface area (Å²) in [5, 5.41) is 0. The van der Waals surface area contributed by atoms with Gasteiger partial charge in [0.25, 0.3) is 0 Å². The van der Waals surface area contributed by atoms with Crippen LogP contribution in [0.4, 0.5) is 0 Å². The molecule has 0 rings (SSSR count). The highest BCUT2D eigenvalue weighted by Crippen LogP contribution is 2.16. The van der Waals surface area contributed by atoms with Crippen molar-refractivity contribution in [2.45, 2.75) is 0 Å². The van der Waals surface area contributed by atoms with Gasteiger partial charge in [-0.25, -0.2) is 0 Å². The van der Waals surface area contributed by atoms with Crippen molar-refractivity contribution in [3.63, 3.8) is 0 Å². The maximum Gasteiger partial charge on any atom is 0.0943 e. The second-order valence-corrected chi connectivity index (χ2v) is 5.88. The lowest BCUT2D eigenvalue weighted by molar-refractivity contribution is 4.36. The SMILES string of the molecule is BrP=C(Br)Br. The summed E-state index contributed by atoms with van der Waals surface area (Å²) in [6.07, 6.45) is 0. The van der Waals surface area contributed by atoms with E-state index in [0.29, 0.717) is 0 Å². The summed E-state index contributed by atoms with van der Waals surface area (Å²) < 4.78 is 1.02. The molecule has 0 aliphatic heterocycles. The summed E-state index contributed by atoms with van der Waals surface area (Å²) in [4.78, 5) is 0. The van der Waals surface area contributed by atoms with Gasteiger partial charge in [0.05, 0.1) is 3.11 Å². The van der Waals surface area contributed by atoms with Crippen LogP contribution in [-0.4, -0.2) is 3.11 Å². The minimum absolute atomic E-state index is 1.02. The molecular formula is CBr3P. The van der Waals surface area contributed by atoms with Gasteiger partial charge in [0.2, 0.25) is 0 Å². The van der Waals surface area contributed by atoms with Gasteiger partial charge in [0.1, 0.15) is 0 Å². The third-order valence-corrected chi connectivity index (χ3v) is 5.17. The zero-order valence-electron chi connectivity index (χ0n) is 2.08. The second kappa shape index (κ2) is 3.79. The lowest BCUT2D eigenvalue weighted by atomic mass is 12.0. The Bertz CT molecular complexity index is 44.9. The van der Waals surface area contributed by atoms with Gasteiger partial charge in [-0.1, -0.05) is 0 Å². The Kier molecular flexibility index (Phi) is 5.01. The Labute approximate surface area is 57.1 Å². The highest BCUT2D eigenvalue weighted by molar-refractivity contribution is 9.47. The molecule has 0 aliphatic carbocycles. The van der Waals surface area contributed by atoms with Gasteiger partial charge >= 0.3 is 0 Å². The van der Waals surface area contributed by atoms with E-state index in [4.69, 9.17) is 0 Å². The lowest BCUT2D eigenvalue weighted by Gasteiger charge is -1.64. The van der Waals surface area contributed by atoms with Crippen LogP contribution in [0.2, 0.25) is 0 Å². The third kappa shape index (κ3) is 5.61. The molecule has 5 heavy (non-hydrogen) atoms. The first kappa shape index (κ1) is 6.61. The van der Waals surface area contributed by atoms with Crippen LogP contribution in [0.25, 0.3) is 0 Å². The molecule has 0 saturated heterocycles. The van der Waals surface area contributed by atoms with E-state index in [1.54, 1.807) is 0 Å². The van der Waals surface area contributed by atoms with Crippen LogP contribution < -0.4 is 0 Å². The van der Waals surface area contributed by atoms with E-state index in [2.05, 4.69) is 47.3 Å². The molecule has 0 nitrogen and oxygen atoms in total. The quantitative estimate of drug-likeness (QED) is 0.599. The second-order valence-electron chi connectivity index (χ2n) is 0.325. The number of rotatable bonds is 0. The highest BCUT2D eigenvalue weighted by atomic mass is 79.9. The van der Waals surface area contributed by atoms with Crippen LogP contribution in [0.15, 0.2) is 0 Å². The predicted octanol–water partition coefficient (Wildman–Crippen LogP) is 3.12. The molecule has 0 aromatic rings. The molecule has 0 radical (unpaired) electrons.